The summed E-state index contributed by atoms with van der Waals surface area (Å²) in [7, 11) is 0. The molecule has 0 aliphatic heterocycles. The zero-order valence-electron chi connectivity index (χ0n) is 11.5. The summed E-state index contributed by atoms with van der Waals surface area (Å²) in [5.41, 5.74) is 1.50. The van der Waals surface area contributed by atoms with Crippen molar-refractivity contribution in [3.63, 3.8) is 0 Å². The number of aromatic nitrogens is 3. The van der Waals surface area contributed by atoms with Crippen LogP contribution in [-0.2, 0) is 9.47 Å². The van der Waals surface area contributed by atoms with E-state index in [9.17, 15) is 4.79 Å². The zero-order valence-corrected chi connectivity index (χ0v) is 11.5. The molecular formula is C14H17N3O3. The van der Waals surface area contributed by atoms with Crippen molar-refractivity contribution < 1.29 is 14.3 Å². The van der Waals surface area contributed by atoms with Gasteiger partial charge in [0, 0.05) is 13.2 Å². The average molecular weight is 275 g/mol. The zero-order chi connectivity index (χ0) is 14.4. The maximum Gasteiger partial charge on any atom is 0.205 e. The van der Waals surface area contributed by atoms with Crippen LogP contribution in [-0.4, -0.2) is 34.5 Å². The normalized spacial score (nSPS) is 10.9. The molecule has 1 aromatic carbocycles. The first-order valence-electron chi connectivity index (χ1n) is 6.51. The summed E-state index contributed by atoms with van der Waals surface area (Å²) in [4.78, 5) is 11.4. The van der Waals surface area contributed by atoms with Crippen molar-refractivity contribution in [3.05, 3.63) is 41.7 Å². The van der Waals surface area contributed by atoms with E-state index in [-0.39, 0.29) is 0 Å². The van der Waals surface area contributed by atoms with Crippen molar-refractivity contribution in [3.8, 4) is 5.69 Å². The number of aldehydes is 1. The summed E-state index contributed by atoms with van der Waals surface area (Å²) in [6.07, 6.45) is 0.0376. The van der Waals surface area contributed by atoms with Gasteiger partial charge in [-0.25, -0.2) is 4.68 Å². The third-order valence-electron chi connectivity index (χ3n) is 2.70. The standard InChI is InChI=1S/C14H17N3O3/c1-3-19-14(20-4-2)13-12(10-18)17(16-15-13)11-8-6-5-7-9-11/h5-10,14H,3-4H2,1-2H3. The first-order chi connectivity index (χ1) is 9.81. The molecule has 6 heteroatoms. The number of carbonyl (C=O) groups is 1. The van der Waals surface area contributed by atoms with Crippen LogP contribution in [0.5, 0.6) is 0 Å². The highest BCUT2D eigenvalue weighted by molar-refractivity contribution is 5.75. The molecule has 0 amide bonds. The largest absolute Gasteiger partial charge is 0.347 e. The van der Waals surface area contributed by atoms with Crippen LogP contribution in [0.3, 0.4) is 0 Å². The number of nitrogens with zero attached hydrogens (tertiary/aromatic N) is 3. The molecule has 106 valence electrons. The Balaban J connectivity index is 2.40. The van der Waals surface area contributed by atoms with Crippen LogP contribution in [0.4, 0.5) is 0 Å². The molecule has 0 saturated heterocycles. The van der Waals surface area contributed by atoms with Crippen LogP contribution in [0, 0.1) is 0 Å². The van der Waals surface area contributed by atoms with Gasteiger partial charge >= 0.3 is 0 Å². The Morgan fingerprint density at radius 1 is 1.20 bits per heavy atom. The number of ether oxygens (including phenoxy) is 2. The quantitative estimate of drug-likeness (QED) is 0.572. The lowest BCUT2D eigenvalue weighted by Crippen LogP contribution is -2.12. The smallest absolute Gasteiger partial charge is 0.205 e. The topological polar surface area (TPSA) is 66.2 Å². The average Bonchev–Trinajstić information content (AvgIpc) is 2.91. The minimum absolute atomic E-state index is 0.336. The first kappa shape index (κ1) is 14.4. The Kier molecular flexibility index (Phi) is 4.97. The molecule has 20 heavy (non-hydrogen) atoms. The summed E-state index contributed by atoms with van der Waals surface area (Å²) in [5.74, 6) is 0. The highest BCUT2D eigenvalue weighted by Crippen LogP contribution is 2.21. The van der Waals surface area contributed by atoms with E-state index < -0.39 is 6.29 Å². The van der Waals surface area contributed by atoms with E-state index in [1.54, 1.807) is 0 Å². The van der Waals surface area contributed by atoms with Crippen molar-refractivity contribution in [2.75, 3.05) is 13.2 Å². The minimum Gasteiger partial charge on any atom is -0.347 e. The van der Waals surface area contributed by atoms with E-state index in [1.165, 1.54) is 4.68 Å². The fourth-order valence-electron chi connectivity index (χ4n) is 1.85. The van der Waals surface area contributed by atoms with Gasteiger partial charge in [0.05, 0.1) is 5.69 Å². The SMILES string of the molecule is CCOC(OCC)c1nnn(-c2ccccc2)c1C=O. The van der Waals surface area contributed by atoms with Crippen molar-refractivity contribution in [1.29, 1.82) is 0 Å². The molecule has 0 unspecified atom stereocenters. The minimum atomic E-state index is -0.678. The molecule has 0 saturated carbocycles. The molecule has 0 aliphatic rings. The molecule has 0 fully saturated rings. The van der Waals surface area contributed by atoms with E-state index in [0.29, 0.717) is 30.9 Å². The molecule has 0 aliphatic carbocycles. The van der Waals surface area contributed by atoms with E-state index in [2.05, 4.69) is 10.3 Å². The summed E-state index contributed by atoms with van der Waals surface area (Å²) in [6, 6.07) is 9.33. The van der Waals surface area contributed by atoms with Gasteiger partial charge in [0.25, 0.3) is 0 Å². The number of carbonyl (C=O) groups excluding carboxylic acids is 1. The lowest BCUT2D eigenvalue weighted by atomic mass is 10.3. The van der Waals surface area contributed by atoms with Gasteiger partial charge in [-0.3, -0.25) is 4.79 Å². The van der Waals surface area contributed by atoms with E-state index in [0.717, 1.165) is 5.69 Å². The van der Waals surface area contributed by atoms with Gasteiger partial charge in [-0.2, -0.15) is 0 Å². The molecule has 2 rings (SSSR count). The first-order valence-corrected chi connectivity index (χ1v) is 6.51. The number of rotatable bonds is 7. The third-order valence-corrected chi connectivity index (χ3v) is 2.70. The number of benzene rings is 1. The van der Waals surface area contributed by atoms with Crippen molar-refractivity contribution in [2.45, 2.75) is 20.1 Å². The van der Waals surface area contributed by atoms with Gasteiger partial charge in [0.2, 0.25) is 6.29 Å². The molecule has 2 aromatic rings. The van der Waals surface area contributed by atoms with Crippen LogP contribution in [0.2, 0.25) is 0 Å². The molecule has 0 bridgehead atoms. The Hall–Kier alpha value is -2.05. The summed E-state index contributed by atoms with van der Waals surface area (Å²) in [5, 5.41) is 8.05. The summed E-state index contributed by atoms with van der Waals surface area (Å²) < 4.78 is 12.4. The van der Waals surface area contributed by atoms with Gasteiger partial charge in [0.15, 0.2) is 6.29 Å². The van der Waals surface area contributed by atoms with Gasteiger partial charge < -0.3 is 9.47 Å². The highest BCUT2D eigenvalue weighted by Gasteiger charge is 2.23. The Morgan fingerprint density at radius 3 is 2.40 bits per heavy atom. The molecule has 0 radical (unpaired) electrons. The second kappa shape index (κ2) is 6.93. The molecule has 1 aromatic heterocycles. The van der Waals surface area contributed by atoms with Crippen molar-refractivity contribution >= 4 is 6.29 Å². The molecule has 6 nitrogen and oxygen atoms in total. The van der Waals surface area contributed by atoms with Gasteiger partial charge in [-0.1, -0.05) is 23.4 Å². The fourth-order valence-corrected chi connectivity index (χ4v) is 1.85. The summed E-state index contributed by atoms with van der Waals surface area (Å²) in [6.45, 7) is 4.63. The maximum absolute atomic E-state index is 11.4. The van der Waals surface area contributed by atoms with E-state index >= 15 is 0 Å². The molecule has 0 N–H and O–H groups in total. The molecule has 0 spiro atoms. The third kappa shape index (κ3) is 2.92. The summed E-state index contributed by atoms with van der Waals surface area (Å²) >= 11 is 0. The molecule has 1 heterocycles. The second-order valence-electron chi connectivity index (χ2n) is 3.97. The van der Waals surface area contributed by atoms with Crippen LogP contribution in [0.25, 0.3) is 5.69 Å². The fraction of sp³-hybridized carbons (Fsp3) is 0.357. The second-order valence-corrected chi connectivity index (χ2v) is 3.97. The lowest BCUT2D eigenvalue weighted by Gasteiger charge is -2.14. The van der Waals surface area contributed by atoms with Crippen LogP contribution >= 0.6 is 0 Å². The van der Waals surface area contributed by atoms with Gasteiger partial charge in [0.1, 0.15) is 11.4 Å². The van der Waals surface area contributed by atoms with E-state index in [4.69, 9.17) is 9.47 Å². The molecular weight excluding hydrogens is 258 g/mol. The number of hydrogen-bond acceptors (Lipinski definition) is 5. The van der Waals surface area contributed by atoms with Crippen LogP contribution < -0.4 is 0 Å². The Morgan fingerprint density at radius 2 is 1.85 bits per heavy atom. The molecule has 0 atom stereocenters. The van der Waals surface area contributed by atoms with Gasteiger partial charge in [-0.05, 0) is 26.0 Å². The van der Waals surface area contributed by atoms with Crippen molar-refractivity contribution in [2.24, 2.45) is 0 Å². The Bertz CT molecular complexity index is 548. The van der Waals surface area contributed by atoms with Crippen LogP contribution in [0.1, 0.15) is 36.3 Å². The predicted octanol–water partition coefficient (Wildman–Crippen LogP) is 2.15. The highest BCUT2D eigenvalue weighted by atomic mass is 16.7. The number of para-hydroxylation sites is 1. The van der Waals surface area contributed by atoms with E-state index in [1.807, 2.05) is 44.2 Å². The number of hydrogen-bond donors (Lipinski definition) is 0. The predicted molar refractivity (Wildman–Crippen MR) is 72.7 cm³/mol. The van der Waals surface area contributed by atoms with Crippen molar-refractivity contribution in [1.82, 2.24) is 15.0 Å². The Labute approximate surface area is 117 Å². The lowest BCUT2D eigenvalue weighted by molar-refractivity contribution is -0.142. The maximum atomic E-state index is 11.4. The van der Waals surface area contributed by atoms with Crippen LogP contribution in [0.15, 0.2) is 30.3 Å². The van der Waals surface area contributed by atoms with Gasteiger partial charge in [-0.15, -0.1) is 5.10 Å². The monoisotopic (exact) mass is 275 g/mol.